The van der Waals surface area contributed by atoms with Crippen LogP contribution in [0.2, 0.25) is 0 Å². The third-order valence-corrected chi connectivity index (χ3v) is 3.18. The quantitative estimate of drug-likeness (QED) is 0.595. The number of rotatable bonds is 7. The van der Waals surface area contributed by atoms with E-state index in [1.165, 1.54) is 29.5 Å². The number of hydrogen-bond acceptors (Lipinski definition) is 3. The van der Waals surface area contributed by atoms with Crippen molar-refractivity contribution in [2.24, 2.45) is 0 Å². The Hall–Kier alpha value is -1.06. The first-order valence-corrected chi connectivity index (χ1v) is 6.74. The Labute approximate surface area is 109 Å². The van der Waals surface area contributed by atoms with Crippen LogP contribution in [0.4, 0.5) is 0 Å². The predicted octanol–water partition coefficient (Wildman–Crippen LogP) is 2.93. The van der Waals surface area contributed by atoms with Crippen molar-refractivity contribution in [2.45, 2.75) is 46.2 Å². The molecule has 1 aliphatic carbocycles. The molecule has 1 aromatic rings. The maximum atomic E-state index is 5.66. The first kappa shape index (κ1) is 13.4. The van der Waals surface area contributed by atoms with Crippen LogP contribution in [0.3, 0.4) is 0 Å². The van der Waals surface area contributed by atoms with Crippen LogP contribution in [0.1, 0.15) is 36.5 Å². The fraction of sp³-hybridized carbons (Fsp3) is 0.600. The first-order valence-electron chi connectivity index (χ1n) is 6.74. The number of hydrogen-bond donors (Lipinski definition) is 1. The Bertz CT molecular complexity index is 376. The highest BCUT2D eigenvalue weighted by Crippen LogP contribution is 2.26. The van der Waals surface area contributed by atoms with E-state index in [4.69, 9.17) is 9.47 Å². The zero-order chi connectivity index (χ0) is 13.0. The maximum absolute atomic E-state index is 5.66. The van der Waals surface area contributed by atoms with Gasteiger partial charge in [0.1, 0.15) is 5.75 Å². The summed E-state index contributed by atoms with van der Waals surface area (Å²) < 4.78 is 10.9. The van der Waals surface area contributed by atoms with E-state index in [-0.39, 0.29) is 0 Å². The van der Waals surface area contributed by atoms with E-state index >= 15 is 0 Å². The maximum Gasteiger partial charge on any atom is 0.189 e. The molecule has 3 heteroatoms. The molecular weight excluding hydrogens is 226 g/mol. The summed E-state index contributed by atoms with van der Waals surface area (Å²) in [4.78, 5) is 0. The van der Waals surface area contributed by atoms with Crippen LogP contribution in [-0.2, 0) is 11.3 Å². The fourth-order valence-corrected chi connectivity index (χ4v) is 2.10. The van der Waals surface area contributed by atoms with E-state index in [2.05, 4.69) is 31.3 Å². The van der Waals surface area contributed by atoms with Gasteiger partial charge < -0.3 is 14.8 Å². The van der Waals surface area contributed by atoms with Crippen LogP contribution in [0.5, 0.6) is 5.75 Å². The van der Waals surface area contributed by atoms with Gasteiger partial charge in [-0.25, -0.2) is 0 Å². The smallest absolute Gasteiger partial charge is 0.189 e. The summed E-state index contributed by atoms with van der Waals surface area (Å²) in [6.45, 7) is 8.12. The Morgan fingerprint density at radius 1 is 1.22 bits per heavy atom. The molecule has 0 spiro atoms. The Kier molecular flexibility index (Phi) is 4.61. The summed E-state index contributed by atoms with van der Waals surface area (Å²) in [5.74, 6) is 0.957. The highest BCUT2D eigenvalue weighted by atomic mass is 16.7. The van der Waals surface area contributed by atoms with E-state index in [1.54, 1.807) is 0 Å². The lowest BCUT2D eigenvalue weighted by Gasteiger charge is -2.14. The average Bonchev–Trinajstić information content (AvgIpc) is 3.14. The van der Waals surface area contributed by atoms with E-state index in [0.717, 1.165) is 18.3 Å². The molecule has 0 aromatic heterocycles. The molecular formula is C15H23NO2. The molecule has 18 heavy (non-hydrogen) atoms. The minimum Gasteiger partial charge on any atom is -0.467 e. The molecule has 1 N–H and O–H groups in total. The van der Waals surface area contributed by atoms with Crippen molar-refractivity contribution in [3.05, 3.63) is 28.8 Å². The van der Waals surface area contributed by atoms with Gasteiger partial charge in [0.15, 0.2) is 6.79 Å². The van der Waals surface area contributed by atoms with Crippen molar-refractivity contribution in [3.8, 4) is 5.75 Å². The second-order valence-electron chi connectivity index (χ2n) is 4.97. The lowest BCUT2D eigenvalue weighted by molar-refractivity contribution is 0.0216. The lowest BCUT2D eigenvalue weighted by atomic mass is 10.1. The molecule has 1 aromatic carbocycles. The highest BCUT2D eigenvalue weighted by molar-refractivity contribution is 5.43. The largest absolute Gasteiger partial charge is 0.467 e. The van der Waals surface area contributed by atoms with Gasteiger partial charge in [0.2, 0.25) is 0 Å². The fourth-order valence-electron chi connectivity index (χ4n) is 2.10. The predicted molar refractivity (Wildman–Crippen MR) is 72.9 cm³/mol. The standard InChI is InChI=1S/C15H23NO2/c1-4-17-10-18-15-11(2)7-13(8-12(15)3)9-16-14-5-6-14/h7-8,14,16H,4-6,9-10H2,1-3H3. The Morgan fingerprint density at radius 2 is 1.89 bits per heavy atom. The van der Waals surface area contributed by atoms with Crippen LogP contribution >= 0.6 is 0 Å². The molecule has 0 radical (unpaired) electrons. The first-order chi connectivity index (χ1) is 8.70. The van der Waals surface area contributed by atoms with Crippen molar-refractivity contribution < 1.29 is 9.47 Å². The molecule has 2 rings (SSSR count). The zero-order valence-corrected chi connectivity index (χ0v) is 11.6. The van der Waals surface area contributed by atoms with Gasteiger partial charge in [0.05, 0.1) is 0 Å². The SMILES string of the molecule is CCOCOc1c(C)cc(CNC2CC2)cc1C. The molecule has 1 fully saturated rings. The number of aryl methyl sites for hydroxylation is 2. The van der Waals surface area contributed by atoms with Gasteiger partial charge in [-0.2, -0.15) is 0 Å². The van der Waals surface area contributed by atoms with Crippen LogP contribution in [-0.4, -0.2) is 19.4 Å². The molecule has 1 aliphatic rings. The van der Waals surface area contributed by atoms with Crippen LogP contribution in [0, 0.1) is 13.8 Å². The summed E-state index contributed by atoms with van der Waals surface area (Å²) in [5, 5.41) is 3.53. The minimum atomic E-state index is 0.331. The second-order valence-corrected chi connectivity index (χ2v) is 4.97. The molecule has 0 amide bonds. The summed E-state index contributed by atoms with van der Waals surface area (Å²) >= 11 is 0. The van der Waals surface area contributed by atoms with Gasteiger partial charge in [-0.1, -0.05) is 12.1 Å². The van der Waals surface area contributed by atoms with Crippen molar-refractivity contribution in [1.82, 2.24) is 5.32 Å². The third-order valence-electron chi connectivity index (χ3n) is 3.18. The van der Waals surface area contributed by atoms with Gasteiger partial charge in [0.25, 0.3) is 0 Å². The Morgan fingerprint density at radius 3 is 2.44 bits per heavy atom. The summed E-state index contributed by atoms with van der Waals surface area (Å²) in [5.41, 5.74) is 3.70. The monoisotopic (exact) mass is 249 g/mol. The van der Waals surface area contributed by atoms with E-state index < -0.39 is 0 Å². The Balaban J connectivity index is 1.97. The van der Waals surface area contributed by atoms with Gasteiger partial charge in [-0.15, -0.1) is 0 Å². The second kappa shape index (κ2) is 6.21. The summed E-state index contributed by atoms with van der Waals surface area (Å²) in [7, 11) is 0. The molecule has 0 unspecified atom stereocenters. The molecule has 0 atom stereocenters. The van der Waals surface area contributed by atoms with E-state index in [9.17, 15) is 0 Å². The van der Waals surface area contributed by atoms with Crippen molar-refractivity contribution in [3.63, 3.8) is 0 Å². The molecule has 0 saturated heterocycles. The normalized spacial score (nSPS) is 14.8. The third kappa shape index (κ3) is 3.72. The number of benzene rings is 1. The van der Waals surface area contributed by atoms with Crippen LogP contribution in [0.25, 0.3) is 0 Å². The van der Waals surface area contributed by atoms with Gasteiger partial charge in [-0.3, -0.25) is 0 Å². The minimum absolute atomic E-state index is 0.331. The summed E-state index contributed by atoms with van der Waals surface area (Å²) in [6, 6.07) is 5.15. The topological polar surface area (TPSA) is 30.5 Å². The average molecular weight is 249 g/mol. The van der Waals surface area contributed by atoms with E-state index in [0.29, 0.717) is 13.4 Å². The number of ether oxygens (including phenoxy) is 2. The lowest BCUT2D eigenvalue weighted by Crippen LogP contribution is -2.15. The van der Waals surface area contributed by atoms with Gasteiger partial charge >= 0.3 is 0 Å². The van der Waals surface area contributed by atoms with Crippen LogP contribution in [0.15, 0.2) is 12.1 Å². The molecule has 100 valence electrons. The highest BCUT2D eigenvalue weighted by Gasteiger charge is 2.20. The van der Waals surface area contributed by atoms with Crippen molar-refractivity contribution in [2.75, 3.05) is 13.4 Å². The zero-order valence-electron chi connectivity index (χ0n) is 11.6. The molecule has 1 saturated carbocycles. The molecule has 0 heterocycles. The van der Waals surface area contributed by atoms with Gasteiger partial charge in [-0.05, 0) is 50.3 Å². The van der Waals surface area contributed by atoms with Crippen molar-refractivity contribution >= 4 is 0 Å². The molecule has 0 bridgehead atoms. The number of nitrogens with one attached hydrogen (secondary N) is 1. The van der Waals surface area contributed by atoms with E-state index in [1.807, 2.05) is 6.92 Å². The molecule has 3 nitrogen and oxygen atoms in total. The van der Waals surface area contributed by atoms with Gasteiger partial charge in [0, 0.05) is 19.2 Å². The van der Waals surface area contributed by atoms with Crippen LogP contribution < -0.4 is 10.1 Å². The molecule has 0 aliphatic heterocycles. The summed E-state index contributed by atoms with van der Waals surface area (Å²) in [6.07, 6.45) is 2.65. The van der Waals surface area contributed by atoms with Crippen molar-refractivity contribution in [1.29, 1.82) is 0 Å².